The Labute approximate surface area is 87.4 Å². The molecule has 3 saturated carbocycles. The van der Waals surface area contributed by atoms with Crippen molar-refractivity contribution in [3.05, 3.63) is 0 Å². The topological polar surface area (TPSA) is 26.0 Å². The van der Waals surface area contributed by atoms with Gasteiger partial charge in [0.1, 0.15) is 0 Å². The molecule has 0 amide bonds. The molecule has 0 radical (unpaired) electrons. The minimum absolute atomic E-state index is 0.440. The predicted molar refractivity (Wildman–Crippen MR) is 58.8 cm³/mol. The lowest BCUT2D eigenvalue weighted by molar-refractivity contribution is -0.0264. The maximum absolute atomic E-state index is 6.11. The van der Waals surface area contributed by atoms with Gasteiger partial charge in [-0.1, -0.05) is 20.3 Å². The van der Waals surface area contributed by atoms with Crippen LogP contribution in [0.5, 0.6) is 0 Å². The van der Waals surface area contributed by atoms with Crippen molar-refractivity contribution >= 4 is 0 Å². The van der Waals surface area contributed by atoms with Gasteiger partial charge in [0, 0.05) is 6.04 Å². The van der Waals surface area contributed by atoms with Gasteiger partial charge in [-0.3, -0.25) is 0 Å². The van der Waals surface area contributed by atoms with E-state index in [-0.39, 0.29) is 0 Å². The molecule has 0 aromatic rings. The summed E-state index contributed by atoms with van der Waals surface area (Å²) in [5.41, 5.74) is 6.55. The van der Waals surface area contributed by atoms with Gasteiger partial charge in [-0.05, 0) is 54.8 Å². The summed E-state index contributed by atoms with van der Waals surface area (Å²) in [4.78, 5) is 0. The molecule has 14 heavy (non-hydrogen) atoms. The van der Waals surface area contributed by atoms with Crippen molar-refractivity contribution in [1.82, 2.24) is 0 Å². The first kappa shape index (κ1) is 9.21. The monoisotopic (exact) mass is 193 g/mol. The standard InChI is InChI=1S/C13H23N/c1-13(2)11(7-12(13)14)10-6-8-3-4-9(10)5-8/h8-12H,3-7,14H2,1-2H3. The van der Waals surface area contributed by atoms with Gasteiger partial charge in [-0.25, -0.2) is 0 Å². The molecule has 0 aromatic carbocycles. The van der Waals surface area contributed by atoms with Crippen LogP contribution < -0.4 is 5.73 Å². The third kappa shape index (κ3) is 1.05. The molecule has 2 bridgehead atoms. The van der Waals surface area contributed by atoms with Gasteiger partial charge in [0.15, 0.2) is 0 Å². The summed E-state index contributed by atoms with van der Waals surface area (Å²) in [6.07, 6.45) is 7.44. The fourth-order valence-corrected chi connectivity index (χ4v) is 4.51. The Kier molecular flexibility index (Phi) is 1.81. The zero-order valence-corrected chi connectivity index (χ0v) is 9.50. The van der Waals surface area contributed by atoms with Crippen LogP contribution in [-0.4, -0.2) is 6.04 Å². The van der Waals surface area contributed by atoms with Crippen LogP contribution in [0.1, 0.15) is 46.0 Å². The molecule has 0 spiro atoms. The van der Waals surface area contributed by atoms with Crippen molar-refractivity contribution in [3.8, 4) is 0 Å². The van der Waals surface area contributed by atoms with Crippen molar-refractivity contribution < 1.29 is 0 Å². The smallest absolute Gasteiger partial charge is 0.00959 e. The molecule has 3 aliphatic rings. The van der Waals surface area contributed by atoms with E-state index in [1.165, 1.54) is 25.7 Å². The molecule has 1 nitrogen and oxygen atoms in total. The molecule has 0 aromatic heterocycles. The molecule has 0 aliphatic heterocycles. The molecule has 0 heterocycles. The van der Waals surface area contributed by atoms with E-state index in [9.17, 15) is 0 Å². The number of fused-ring (bicyclic) bond motifs is 2. The quantitative estimate of drug-likeness (QED) is 0.681. The first-order valence-electron chi connectivity index (χ1n) is 6.34. The third-order valence-electron chi connectivity index (χ3n) is 5.73. The molecular formula is C13H23N. The molecule has 3 rings (SSSR count). The maximum atomic E-state index is 6.11. The Balaban J connectivity index is 1.73. The van der Waals surface area contributed by atoms with Crippen LogP contribution in [0.15, 0.2) is 0 Å². The lowest BCUT2D eigenvalue weighted by atomic mass is 9.52. The van der Waals surface area contributed by atoms with Crippen LogP contribution in [-0.2, 0) is 0 Å². The lowest BCUT2D eigenvalue weighted by Crippen LogP contribution is -2.57. The first-order valence-corrected chi connectivity index (χ1v) is 6.34. The summed E-state index contributed by atoms with van der Waals surface area (Å²) in [5.74, 6) is 4.17. The Morgan fingerprint density at radius 2 is 1.86 bits per heavy atom. The largest absolute Gasteiger partial charge is 0.327 e. The zero-order chi connectivity index (χ0) is 9.92. The number of hydrogen-bond donors (Lipinski definition) is 1. The van der Waals surface area contributed by atoms with E-state index in [1.807, 2.05) is 0 Å². The molecule has 3 fully saturated rings. The fourth-order valence-electron chi connectivity index (χ4n) is 4.51. The maximum Gasteiger partial charge on any atom is 0.00959 e. The van der Waals surface area contributed by atoms with E-state index in [0.717, 1.165) is 23.7 Å². The Morgan fingerprint density at radius 1 is 1.07 bits per heavy atom. The summed E-state index contributed by atoms with van der Waals surface area (Å²) in [6.45, 7) is 4.77. The van der Waals surface area contributed by atoms with Gasteiger partial charge < -0.3 is 5.73 Å². The highest BCUT2D eigenvalue weighted by molar-refractivity contribution is 5.06. The molecule has 5 unspecified atom stereocenters. The van der Waals surface area contributed by atoms with E-state index in [2.05, 4.69) is 13.8 Å². The summed E-state index contributed by atoms with van der Waals surface area (Å²) in [6, 6.07) is 0.478. The van der Waals surface area contributed by atoms with E-state index < -0.39 is 0 Å². The van der Waals surface area contributed by atoms with Gasteiger partial charge in [-0.15, -0.1) is 0 Å². The van der Waals surface area contributed by atoms with Gasteiger partial charge in [0.2, 0.25) is 0 Å². The zero-order valence-electron chi connectivity index (χ0n) is 9.50. The minimum Gasteiger partial charge on any atom is -0.327 e. The Bertz CT molecular complexity index is 246. The molecular weight excluding hydrogens is 170 g/mol. The van der Waals surface area contributed by atoms with E-state index in [0.29, 0.717) is 11.5 Å². The highest BCUT2D eigenvalue weighted by Crippen LogP contribution is 2.59. The van der Waals surface area contributed by atoms with Crippen LogP contribution in [0.2, 0.25) is 0 Å². The lowest BCUT2D eigenvalue weighted by Gasteiger charge is -2.55. The summed E-state index contributed by atoms with van der Waals surface area (Å²) in [5, 5.41) is 0. The average molecular weight is 193 g/mol. The van der Waals surface area contributed by atoms with E-state index >= 15 is 0 Å². The second kappa shape index (κ2) is 2.75. The van der Waals surface area contributed by atoms with Gasteiger partial charge in [0.25, 0.3) is 0 Å². The Hall–Kier alpha value is -0.0400. The second-order valence-corrected chi connectivity index (χ2v) is 6.61. The third-order valence-corrected chi connectivity index (χ3v) is 5.73. The van der Waals surface area contributed by atoms with Crippen LogP contribution in [0, 0.1) is 29.1 Å². The van der Waals surface area contributed by atoms with Crippen molar-refractivity contribution in [2.45, 2.75) is 52.0 Å². The van der Waals surface area contributed by atoms with E-state index in [4.69, 9.17) is 5.73 Å². The highest BCUT2D eigenvalue weighted by atomic mass is 14.8. The highest BCUT2D eigenvalue weighted by Gasteiger charge is 2.54. The second-order valence-electron chi connectivity index (χ2n) is 6.61. The van der Waals surface area contributed by atoms with Crippen molar-refractivity contribution in [2.24, 2.45) is 34.8 Å². The van der Waals surface area contributed by atoms with Crippen LogP contribution >= 0.6 is 0 Å². The first-order chi connectivity index (χ1) is 6.59. The molecule has 2 N–H and O–H groups in total. The molecule has 5 atom stereocenters. The number of nitrogens with two attached hydrogens (primary N) is 1. The molecule has 3 aliphatic carbocycles. The van der Waals surface area contributed by atoms with Crippen LogP contribution in [0.3, 0.4) is 0 Å². The van der Waals surface area contributed by atoms with Crippen LogP contribution in [0.25, 0.3) is 0 Å². The molecule has 1 heteroatoms. The van der Waals surface area contributed by atoms with Crippen molar-refractivity contribution in [2.75, 3.05) is 0 Å². The Morgan fingerprint density at radius 3 is 2.29 bits per heavy atom. The average Bonchev–Trinajstić information content (AvgIpc) is 2.74. The van der Waals surface area contributed by atoms with Gasteiger partial charge in [-0.2, -0.15) is 0 Å². The van der Waals surface area contributed by atoms with E-state index in [1.54, 1.807) is 6.42 Å². The fraction of sp³-hybridized carbons (Fsp3) is 1.00. The SMILES string of the molecule is CC1(C)C(N)CC1C1CC2CCC1C2. The normalized spacial score (nSPS) is 54.6. The van der Waals surface area contributed by atoms with Crippen LogP contribution in [0.4, 0.5) is 0 Å². The molecule has 0 saturated heterocycles. The minimum atomic E-state index is 0.440. The number of hydrogen-bond acceptors (Lipinski definition) is 1. The van der Waals surface area contributed by atoms with Gasteiger partial charge >= 0.3 is 0 Å². The predicted octanol–water partition coefficient (Wildman–Crippen LogP) is 2.80. The van der Waals surface area contributed by atoms with Gasteiger partial charge in [0.05, 0.1) is 0 Å². The summed E-state index contributed by atoms with van der Waals surface area (Å²) in [7, 11) is 0. The molecule has 80 valence electrons. The number of rotatable bonds is 1. The summed E-state index contributed by atoms with van der Waals surface area (Å²) < 4.78 is 0. The van der Waals surface area contributed by atoms with Crippen molar-refractivity contribution in [3.63, 3.8) is 0 Å². The van der Waals surface area contributed by atoms with Crippen molar-refractivity contribution in [1.29, 1.82) is 0 Å². The summed E-state index contributed by atoms with van der Waals surface area (Å²) >= 11 is 0.